The highest BCUT2D eigenvalue weighted by molar-refractivity contribution is 6.20. The van der Waals surface area contributed by atoms with Crippen LogP contribution in [0.15, 0.2) is 10.6 Å². The number of morpholine rings is 1. The van der Waals surface area contributed by atoms with Gasteiger partial charge in [-0.05, 0) is 25.5 Å². The zero-order valence-corrected chi connectivity index (χ0v) is 19.3. The van der Waals surface area contributed by atoms with Gasteiger partial charge in [0.05, 0.1) is 35.9 Å². The molecule has 3 N–H and O–H groups in total. The van der Waals surface area contributed by atoms with Crippen molar-refractivity contribution >= 4 is 40.4 Å². The molecule has 2 aromatic rings. The lowest BCUT2D eigenvalue weighted by atomic mass is 9.66. The van der Waals surface area contributed by atoms with Gasteiger partial charge in [-0.2, -0.15) is 0 Å². The molecule has 4 heterocycles. The highest BCUT2D eigenvalue weighted by atomic mass is 19.1. The number of nitrogens with zero attached hydrogens (tertiary/aromatic N) is 2. The zero-order valence-electron chi connectivity index (χ0n) is 19.3. The number of imide groups is 2. The van der Waals surface area contributed by atoms with Crippen molar-refractivity contribution in [3.05, 3.63) is 23.1 Å². The molecule has 0 aliphatic carbocycles. The third kappa shape index (κ3) is 3.37. The molecule has 3 aliphatic rings. The Balaban J connectivity index is 1.68. The summed E-state index contributed by atoms with van der Waals surface area (Å²) in [5.41, 5.74) is -1.66. The summed E-state index contributed by atoms with van der Waals surface area (Å²) in [6, 6.07) is -0.308. The minimum Gasteiger partial charge on any atom is -0.383 e. The van der Waals surface area contributed by atoms with Crippen LogP contribution in [0, 0.1) is 11.2 Å². The molecule has 13 heteroatoms. The van der Waals surface area contributed by atoms with Crippen molar-refractivity contribution in [1.29, 1.82) is 0 Å². The number of benzene rings is 1. The highest BCUT2D eigenvalue weighted by Gasteiger charge is 2.63. The maximum Gasteiger partial charge on any atom is 0.328 e. The lowest BCUT2D eigenvalue weighted by molar-refractivity contribution is -0.153. The average Bonchev–Trinajstić information content (AvgIpc) is 3.21. The van der Waals surface area contributed by atoms with Gasteiger partial charge in [-0.25, -0.2) is 9.18 Å². The Labute approximate surface area is 198 Å². The second-order valence-corrected chi connectivity index (χ2v) is 8.99. The molecule has 2 fully saturated rings. The van der Waals surface area contributed by atoms with Crippen molar-refractivity contribution in [3.8, 4) is 0 Å². The lowest BCUT2D eigenvalue weighted by Crippen LogP contribution is -2.75. The SMILES string of the molecule is COCCNC(=O)c1noc2c(F)c3c(cc12)CC1(C(=O)NC(=O)NC1=O)[C@@H]1[C@@H](C)O[C@@H](C)CN31. The number of anilines is 1. The van der Waals surface area contributed by atoms with Crippen LogP contribution in [0.25, 0.3) is 11.0 Å². The van der Waals surface area contributed by atoms with Gasteiger partial charge < -0.3 is 24.2 Å². The Morgan fingerprint density at radius 1 is 1.31 bits per heavy atom. The molecule has 1 aromatic carbocycles. The first-order chi connectivity index (χ1) is 16.7. The molecule has 3 atom stereocenters. The quantitative estimate of drug-likeness (QED) is 0.405. The Morgan fingerprint density at radius 3 is 2.71 bits per heavy atom. The van der Waals surface area contributed by atoms with Gasteiger partial charge in [0.15, 0.2) is 16.9 Å². The zero-order chi connectivity index (χ0) is 25.1. The maximum absolute atomic E-state index is 15.9. The molecular formula is C22H24FN5O7. The minimum atomic E-state index is -1.77. The number of ether oxygens (including phenoxy) is 2. The van der Waals surface area contributed by atoms with E-state index in [1.165, 1.54) is 13.2 Å². The standard InChI is InChI=1S/C22H24FN5O7/c1-9-8-28-15-11(6-12-14(18(29)24-4-5-33-3)27-35-16(12)13(15)23)7-22(17(28)10(2)34-9)19(30)25-21(32)26-20(22)31/h6,9-10,17H,4-5,7-8H2,1-3H3,(H,24,29)(H2,25,26,30,31,32)/t9-,10+,17-/m0/s1. The van der Waals surface area contributed by atoms with E-state index in [2.05, 4.69) is 21.1 Å². The summed E-state index contributed by atoms with van der Waals surface area (Å²) < 4.78 is 32.0. The van der Waals surface area contributed by atoms with Gasteiger partial charge in [0, 0.05) is 26.6 Å². The molecule has 186 valence electrons. The number of halogens is 1. The van der Waals surface area contributed by atoms with Crippen molar-refractivity contribution in [2.45, 2.75) is 38.5 Å². The second kappa shape index (κ2) is 8.27. The van der Waals surface area contributed by atoms with E-state index in [-0.39, 0.29) is 54.6 Å². The monoisotopic (exact) mass is 489 g/mol. The maximum atomic E-state index is 15.9. The predicted molar refractivity (Wildman–Crippen MR) is 117 cm³/mol. The number of aromatic nitrogens is 1. The molecule has 1 aromatic heterocycles. The second-order valence-electron chi connectivity index (χ2n) is 8.99. The van der Waals surface area contributed by atoms with E-state index in [9.17, 15) is 19.2 Å². The number of barbiturate groups is 1. The van der Waals surface area contributed by atoms with E-state index in [1.807, 2.05) is 0 Å². The Kier molecular flexibility index (Phi) is 5.48. The van der Waals surface area contributed by atoms with Crippen LogP contribution in [0.3, 0.4) is 0 Å². The third-order valence-corrected chi connectivity index (χ3v) is 6.77. The summed E-state index contributed by atoms with van der Waals surface area (Å²) in [5, 5.41) is 10.8. The van der Waals surface area contributed by atoms with Gasteiger partial charge in [0.25, 0.3) is 5.91 Å². The van der Waals surface area contributed by atoms with Crippen LogP contribution in [-0.2, 0) is 25.5 Å². The van der Waals surface area contributed by atoms with Crippen molar-refractivity contribution in [2.24, 2.45) is 5.41 Å². The topological polar surface area (TPSA) is 152 Å². The molecule has 1 spiro atoms. The van der Waals surface area contributed by atoms with E-state index in [0.717, 1.165) is 0 Å². The van der Waals surface area contributed by atoms with Crippen molar-refractivity contribution in [3.63, 3.8) is 0 Å². The summed E-state index contributed by atoms with van der Waals surface area (Å²) in [4.78, 5) is 52.5. The number of nitrogens with one attached hydrogen (secondary N) is 3. The molecule has 0 radical (unpaired) electrons. The summed E-state index contributed by atoms with van der Waals surface area (Å²) >= 11 is 0. The number of urea groups is 1. The molecule has 0 unspecified atom stereocenters. The molecular weight excluding hydrogens is 465 g/mol. The molecule has 0 saturated carbocycles. The van der Waals surface area contributed by atoms with Crippen LogP contribution >= 0.6 is 0 Å². The Bertz CT molecular complexity index is 1240. The molecule has 0 bridgehead atoms. The van der Waals surface area contributed by atoms with Crippen LogP contribution in [0.2, 0.25) is 0 Å². The van der Waals surface area contributed by atoms with Crippen LogP contribution in [0.1, 0.15) is 29.9 Å². The average molecular weight is 489 g/mol. The first kappa shape index (κ1) is 23.2. The number of carbonyl (C=O) groups is 4. The fraction of sp³-hybridized carbons (Fsp3) is 0.500. The predicted octanol–water partition coefficient (Wildman–Crippen LogP) is 0.234. The number of hydrogen-bond donors (Lipinski definition) is 3. The number of methoxy groups -OCH3 is 1. The van der Waals surface area contributed by atoms with Gasteiger partial charge in [-0.15, -0.1) is 0 Å². The molecule has 12 nitrogen and oxygen atoms in total. The normalized spacial score (nSPS) is 25.2. The van der Waals surface area contributed by atoms with Crippen molar-refractivity contribution < 1.29 is 37.6 Å². The van der Waals surface area contributed by atoms with E-state index in [1.54, 1.807) is 18.7 Å². The number of rotatable bonds is 4. The van der Waals surface area contributed by atoms with E-state index < -0.39 is 47.1 Å². The van der Waals surface area contributed by atoms with Gasteiger partial charge in [0.2, 0.25) is 17.4 Å². The van der Waals surface area contributed by atoms with Crippen LogP contribution in [0.5, 0.6) is 0 Å². The summed E-state index contributed by atoms with van der Waals surface area (Å²) in [7, 11) is 1.49. The minimum absolute atomic E-state index is 0.104. The fourth-order valence-corrected chi connectivity index (χ4v) is 5.46. The molecule has 5 amide bonds. The highest BCUT2D eigenvalue weighted by Crippen LogP contribution is 2.49. The van der Waals surface area contributed by atoms with Crippen LogP contribution in [0.4, 0.5) is 14.9 Å². The van der Waals surface area contributed by atoms with Gasteiger partial charge in [-0.3, -0.25) is 25.0 Å². The van der Waals surface area contributed by atoms with Crippen LogP contribution < -0.4 is 20.9 Å². The summed E-state index contributed by atoms with van der Waals surface area (Å²) in [6.07, 6.45) is -1.21. The summed E-state index contributed by atoms with van der Waals surface area (Å²) in [5.74, 6) is -2.92. The summed E-state index contributed by atoms with van der Waals surface area (Å²) in [6.45, 7) is 4.15. The first-order valence-electron chi connectivity index (χ1n) is 11.2. The lowest BCUT2D eigenvalue weighted by Gasteiger charge is -2.55. The van der Waals surface area contributed by atoms with E-state index >= 15 is 4.39 Å². The number of hydrogen-bond acceptors (Lipinski definition) is 9. The van der Waals surface area contributed by atoms with Gasteiger partial charge in [-0.1, -0.05) is 5.16 Å². The van der Waals surface area contributed by atoms with E-state index in [0.29, 0.717) is 5.56 Å². The van der Waals surface area contributed by atoms with Gasteiger partial charge in [0.1, 0.15) is 0 Å². The third-order valence-electron chi connectivity index (χ3n) is 6.77. The largest absolute Gasteiger partial charge is 0.383 e. The molecule has 2 saturated heterocycles. The molecule has 3 aliphatic heterocycles. The smallest absolute Gasteiger partial charge is 0.328 e. The Hall–Kier alpha value is -3.58. The number of carbonyl (C=O) groups excluding carboxylic acids is 4. The first-order valence-corrected chi connectivity index (χ1v) is 11.2. The Morgan fingerprint density at radius 2 is 2.03 bits per heavy atom. The van der Waals surface area contributed by atoms with Crippen molar-refractivity contribution in [1.82, 2.24) is 21.1 Å². The number of amides is 5. The molecule has 5 rings (SSSR count). The van der Waals surface area contributed by atoms with Crippen LogP contribution in [-0.4, -0.2) is 74.0 Å². The van der Waals surface area contributed by atoms with Crippen molar-refractivity contribution in [2.75, 3.05) is 31.7 Å². The van der Waals surface area contributed by atoms with E-state index in [4.69, 9.17) is 14.0 Å². The van der Waals surface area contributed by atoms with Gasteiger partial charge >= 0.3 is 6.03 Å². The molecule has 35 heavy (non-hydrogen) atoms. The number of fused-ring (bicyclic) bond motifs is 5. The fourth-order valence-electron chi connectivity index (χ4n) is 5.46.